The van der Waals surface area contributed by atoms with E-state index in [-0.39, 0.29) is 11.9 Å². The highest BCUT2D eigenvalue weighted by Gasteiger charge is 2.35. The monoisotopic (exact) mass is 228 g/mol. The SMILES string of the molecule is CC1(O)CCN(C(=O)C2CC(O)CN2)CC1. The Morgan fingerprint density at radius 1 is 1.44 bits per heavy atom. The Bertz CT molecular complexity index is 270. The summed E-state index contributed by atoms with van der Waals surface area (Å²) in [6.45, 7) is 3.54. The minimum atomic E-state index is -0.626. The number of hydrogen-bond donors (Lipinski definition) is 3. The van der Waals surface area contributed by atoms with Crippen molar-refractivity contribution < 1.29 is 15.0 Å². The standard InChI is InChI=1S/C11H20N2O3/c1-11(16)2-4-13(5-3-11)10(15)9-6-8(14)7-12-9/h8-9,12,14,16H,2-7H2,1H3. The summed E-state index contributed by atoms with van der Waals surface area (Å²) in [6, 6.07) is -0.238. The zero-order valence-electron chi connectivity index (χ0n) is 9.65. The summed E-state index contributed by atoms with van der Waals surface area (Å²) in [7, 11) is 0. The molecule has 2 aliphatic heterocycles. The molecule has 0 aromatic rings. The second kappa shape index (κ2) is 4.31. The highest BCUT2D eigenvalue weighted by molar-refractivity contribution is 5.82. The Hall–Kier alpha value is -0.650. The Morgan fingerprint density at radius 3 is 2.56 bits per heavy atom. The Labute approximate surface area is 95.4 Å². The van der Waals surface area contributed by atoms with E-state index in [9.17, 15) is 15.0 Å². The van der Waals surface area contributed by atoms with Crippen LogP contribution in [0.1, 0.15) is 26.2 Å². The molecule has 2 fully saturated rings. The number of aliphatic hydroxyl groups excluding tert-OH is 1. The molecule has 92 valence electrons. The van der Waals surface area contributed by atoms with Crippen LogP contribution in [0.4, 0.5) is 0 Å². The average Bonchev–Trinajstić information content (AvgIpc) is 2.64. The van der Waals surface area contributed by atoms with Gasteiger partial charge in [-0.2, -0.15) is 0 Å². The average molecular weight is 228 g/mol. The smallest absolute Gasteiger partial charge is 0.239 e. The molecule has 5 heteroatoms. The minimum absolute atomic E-state index is 0.0621. The molecule has 0 aromatic heterocycles. The normalized spacial score (nSPS) is 34.1. The first-order chi connectivity index (χ1) is 7.48. The fourth-order valence-corrected chi connectivity index (χ4v) is 2.33. The maximum Gasteiger partial charge on any atom is 0.239 e. The van der Waals surface area contributed by atoms with Crippen LogP contribution in [-0.2, 0) is 4.79 Å². The molecule has 2 rings (SSSR count). The van der Waals surface area contributed by atoms with Crippen molar-refractivity contribution in [3.8, 4) is 0 Å². The van der Waals surface area contributed by atoms with Crippen LogP contribution in [-0.4, -0.2) is 58.4 Å². The molecule has 0 radical (unpaired) electrons. The van der Waals surface area contributed by atoms with Gasteiger partial charge in [-0.25, -0.2) is 0 Å². The number of carbonyl (C=O) groups is 1. The van der Waals surface area contributed by atoms with E-state index in [1.807, 2.05) is 6.92 Å². The highest BCUT2D eigenvalue weighted by atomic mass is 16.3. The van der Waals surface area contributed by atoms with E-state index in [0.29, 0.717) is 38.9 Å². The second-order valence-electron chi connectivity index (χ2n) is 5.17. The van der Waals surface area contributed by atoms with Crippen LogP contribution < -0.4 is 5.32 Å². The van der Waals surface area contributed by atoms with Crippen LogP contribution in [0.3, 0.4) is 0 Å². The van der Waals surface area contributed by atoms with Crippen molar-refractivity contribution in [3.63, 3.8) is 0 Å². The molecule has 16 heavy (non-hydrogen) atoms. The molecular weight excluding hydrogens is 208 g/mol. The predicted octanol–water partition coefficient (Wildman–Crippen LogP) is -0.917. The molecule has 0 aromatic carbocycles. The Morgan fingerprint density at radius 2 is 2.06 bits per heavy atom. The third kappa shape index (κ3) is 2.53. The van der Waals surface area contributed by atoms with E-state index in [2.05, 4.69) is 5.32 Å². The van der Waals surface area contributed by atoms with Crippen molar-refractivity contribution in [2.45, 2.75) is 43.9 Å². The van der Waals surface area contributed by atoms with Crippen LogP contribution in [0.5, 0.6) is 0 Å². The highest BCUT2D eigenvalue weighted by Crippen LogP contribution is 2.22. The van der Waals surface area contributed by atoms with Crippen molar-refractivity contribution >= 4 is 5.91 Å². The number of amides is 1. The van der Waals surface area contributed by atoms with Crippen molar-refractivity contribution in [2.24, 2.45) is 0 Å². The lowest BCUT2D eigenvalue weighted by molar-refractivity contribution is -0.136. The summed E-state index contributed by atoms with van der Waals surface area (Å²) in [6.07, 6.45) is 1.37. The van der Waals surface area contributed by atoms with Crippen LogP contribution in [0, 0.1) is 0 Å². The van der Waals surface area contributed by atoms with Gasteiger partial charge in [0.2, 0.25) is 5.91 Å². The quantitative estimate of drug-likeness (QED) is 0.543. The molecule has 2 unspecified atom stereocenters. The summed E-state index contributed by atoms with van der Waals surface area (Å²) < 4.78 is 0. The van der Waals surface area contributed by atoms with Crippen molar-refractivity contribution in [1.82, 2.24) is 10.2 Å². The maximum atomic E-state index is 12.0. The van der Waals surface area contributed by atoms with Gasteiger partial charge in [-0.3, -0.25) is 4.79 Å². The zero-order chi connectivity index (χ0) is 11.8. The van der Waals surface area contributed by atoms with Gasteiger partial charge in [0.1, 0.15) is 0 Å². The number of nitrogens with zero attached hydrogens (tertiary/aromatic N) is 1. The molecule has 2 atom stereocenters. The second-order valence-corrected chi connectivity index (χ2v) is 5.17. The molecule has 3 N–H and O–H groups in total. The lowest BCUT2D eigenvalue weighted by Crippen LogP contribution is -2.50. The van der Waals surface area contributed by atoms with Gasteiger partial charge < -0.3 is 20.4 Å². The number of carbonyl (C=O) groups excluding carboxylic acids is 1. The molecule has 5 nitrogen and oxygen atoms in total. The summed E-state index contributed by atoms with van der Waals surface area (Å²) in [5.74, 6) is 0.0621. The van der Waals surface area contributed by atoms with Gasteiger partial charge in [0.05, 0.1) is 17.7 Å². The largest absolute Gasteiger partial charge is 0.392 e. The van der Waals surface area contributed by atoms with Crippen LogP contribution in [0.15, 0.2) is 0 Å². The Balaban J connectivity index is 1.87. The van der Waals surface area contributed by atoms with E-state index < -0.39 is 11.7 Å². The zero-order valence-corrected chi connectivity index (χ0v) is 9.65. The molecule has 0 spiro atoms. The minimum Gasteiger partial charge on any atom is -0.392 e. The molecule has 0 aliphatic carbocycles. The lowest BCUT2D eigenvalue weighted by Gasteiger charge is -2.36. The molecule has 2 heterocycles. The van der Waals surface area contributed by atoms with Gasteiger partial charge >= 0.3 is 0 Å². The molecule has 1 amide bonds. The number of β-amino-alcohol motifs (C(OH)–C–C–N with tert-alkyl or cyclic N) is 1. The maximum absolute atomic E-state index is 12.0. The van der Waals surface area contributed by atoms with Crippen LogP contribution >= 0.6 is 0 Å². The van der Waals surface area contributed by atoms with Crippen molar-refractivity contribution in [1.29, 1.82) is 0 Å². The third-order valence-electron chi connectivity index (χ3n) is 3.56. The van der Waals surface area contributed by atoms with E-state index in [4.69, 9.17) is 0 Å². The van der Waals surface area contributed by atoms with Gasteiger partial charge in [-0.15, -0.1) is 0 Å². The fraction of sp³-hybridized carbons (Fsp3) is 0.909. The fourth-order valence-electron chi connectivity index (χ4n) is 2.33. The van der Waals surface area contributed by atoms with E-state index in [1.165, 1.54) is 0 Å². The first-order valence-electron chi connectivity index (χ1n) is 5.90. The molecule has 0 saturated carbocycles. The number of nitrogens with one attached hydrogen (secondary N) is 1. The summed E-state index contributed by atoms with van der Waals surface area (Å²) in [4.78, 5) is 13.8. The molecule has 2 aliphatic rings. The van der Waals surface area contributed by atoms with E-state index in [0.717, 1.165) is 0 Å². The Kier molecular flexibility index (Phi) is 3.19. The number of rotatable bonds is 1. The van der Waals surface area contributed by atoms with Crippen LogP contribution in [0.2, 0.25) is 0 Å². The number of aliphatic hydroxyl groups is 2. The summed E-state index contributed by atoms with van der Waals surface area (Å²) in [5.41, 5.74) is -0.626. The first kappa shape index (κ1) is 11.8. The van der Waals surface area contributed by atoms with Gasteiger partial charge in [0.15, 0.2) is 0 Å². The topological polar surface area (TPSA) is 72.8 Å². The molecule has 2 saturated heterocycles. The third-order valence-corrected chi connectivity index (χ3v) is 3.56. The number of hydrogen-bond acceptors (Lipinski definition) is 4. The summed E-state index contributed by atoms with van der Waals surface area (Å²) >= 11 is 0. The van der Waals surface area contributed by atoms with Gasteiger partial charge in [-0.1, -0.05) is 0 Å². The molecular formula is C11H20N2O3. The first-order valence-corrected chi connectivity index (χ1v) is 5.90. The summed E-state index contributed by atoms with van der Waals surface area (Å²) in [5, 5.41) is 22.2. The number of piperidine rings is 1. The van der Waals surface area contributed by atoms with Crippen molar-refractivity contribution in [2.75, 3.05) is 19.6 Å². The molecule has 0 bridgehead atoms. The lowest BCUT2D eigenvalue weighted by atomic mass is 9.93. The number of likely N-dealkylation sites (tertiary alicyclic amines) is 1. The van der Waals surface area contributed by atoms with Crippen molar-refractivity contribution in [3.05, 3.63) is 0 Å². The van der Waals surface area contributed by atoms with Crippen LogP contribution in [0.25, 0.3) is 0 Å². The predicted molar refractivity (Wildman–Crippen MR) is 58.9 cm³/mol. The van der Waals surface area contributed by atoms with E-state index in [1.54, 1.807) is 4.90 Å². The van der Waals surface area contributed by atoms with Gasteiger partial charge in [0, 0.05) is 19.6 Å². The van der Waals surface area contributed by atoms with E-state index >= 15 is 0 Å². The van der Waals surface area contributed by atoms with Gasteiger partial charge in [-0.05, 0) is 26.2 Å². The van der Waals surface area contributed by atoms with Gasteiger partial charge in [0.25, 0.3) is 0 Å².